The number of anilines is 1. The SMILES string of the molecule is NCC(O)COc1cccc(N2CCOCC2)c1. The van der Waals surface area contributed by atoms with E-state index in [2.05, 4.69) is 11.0 Å². The Kier molecular flexibility index (Phi) is 4.81. The molecule has 2 rings (SSSR count). The second-order valence-corrected chi connectivity index (χ2v) is 4.30. The minimum Gasteiger partial charge on any atom is -0.491 e. The van der Waals surface area contributed by atoms with Gasteiger partial charge < -0.3 is 25.2 Å². The molecule has 5 nitrogen and oxygen atoms in total. The Balaban J connectivity index is 1.96. The van der Waals surface area contributed by atoms with E-state index in [0.29, 0.717) is 0 Å². The Morgan fingerprint density at radius 2 is 2.17 bits per heavy atom. The molecule has 0 radical (unpaired) electrons. The van der Waals surface area contributed by atoms with Crippen LogP contribution < -0.4 is 15.4 Å². The molecule has 0 amide bonds. The molecule has 1 unspecified atom stereocenters. The maximum Gasteiger partial charge on any atom is 0.121 e. The summed E-state index contributed by atoms with van der Waals surface area (Å²) in [6, 6.07) is 7.87. The molecule has 3 N–H and O–H groups in total. The van der Waals surface area contributed by atoms with Crippen LogP contribution in [0.4, 0.5) is 5.69 Å². The second kappa shape index (κ2) is 6.58. The highest BCUT2D eigenvalue weighted by atomic mass is 16.5. The maximum absolute atomic E-state index is 9.36. The molecule has 0 saturated carbocycles. The first-order valence-electron chi connectivity index (χ1n) is 6.23. The van der Waals surface area contributed by atoms with Gasteiger partial charge in [-0.15, -0.1) is 0 Å². The fourth-order valence-corrected chi connectivity index (χ4v) is 1.85. The summed E-state index contributed by atoms with van der Waals surface area (Å²) in [5.74, 6) is 0.756. The summed E-state index contributed by atoms with van der Waals surface area (Å²) < 4.78 is 10.8. The van der Waals surface area contributed by atoms with Crippen LogP contribution in [-0.4, -0.2) is 50.7 Å². The minimum atomic E-state index is -0.614. The van der Waals surface area contributed by atoms with Gasteiger partial charge in [-0.1, -0.05) is 6.07 Å². The van der Waals surface area contributed by atoms with E-state index in [1.54, 1.807) is 0 Å². The van der Waals surface area contributed by atoms with Crippen molar-refractivity contribution in [2.45, 2.75) is 6.10 Å². The largest absolute Gasteiger partial charge is 0.491 e. The van der Waals surface area contributed by atoms with E-state index >= 15 is 0 Å². The van der Waals surface area contributed by atoms with Crippen LogP contribution in [0.2, 0.25) is 0 Å². The van der Waals surface area contributed by atoms with Gasteiger partial charge in [0, 0.05) is 31.4 Å². The Morgan fingerprint density at radius 1 is 1.39 bits per heavy atom. The van der Waals surface area contributed by atoms with Crippen LogP contribution in [0.15, 0.2) is 24.3 Å². The molecule has 100 valence electrons. The number of aliphatic hydroxyl groups excluding tert-OH is 1. The van der Waals surface area contributed by atoms with Gasteiger partial charge >= 0.3 is 0 Å². The molecule has 0 aliphatic carbocycles. The smallest absolute Gasteiger partial charge is 0.121 e. The van der Waals surface area contributed by atoms with Gasteiger partial charge in [0.1, 0.15) is 18.5 Å². The van der Waals surface area contributed by atoms with Crippen molar-refractivity contribution < 1.29 is 14.6 Å². The number of nitrogens with zero attached hydrogens (tertiary/aromatic N) is 1. The van der Waals surface area contributed by atoms with E-state index in [1.807, 2.05) is 18.2 Å². The highest BCUT2D eigenvalue weighted by Crippen LogP contribution is 2.22. The first-order valence-corrected chi connectivity index (χ1v) is 6.23. The van der Waals surface area contributed by atoms with Crippen molar-refractivity contribution in [1.82, 2.24) is 0 Å². The van der Waals surface area contributed by atoms with Gasteiger partial charge in [0.15, 0.2) is 0 Å². The molecule has 1 atom stereocenters. The fraction of sp³-hybridized carbons (Fsp3) is 0.538. The molecule has 1 fully saturated rings. The van der Waals surface area contributed by atoms with Crippen molar-refractivity contribution in [3.05, 3.63) is 24.3 Å². The number of hydrogen-bond donors (Lipinski definition) is 2. The first-order chi connectivity index (χ1) is 8.79. The topological polar surface area (TPSA) is 68.0 Å². The summed E-state index contributed by atoms with van der Waals surface area (Å²) in [5.41, 5.74) is 6.45. The molecule has 0 spiro atoms. The molecule has 0 aromatic heterocycles. The molecule has 1 heterocycles. The van der Waals surface area contributed by atoms with Gasteiger partial charge in [0.05, 0.1) is 13.2 Å². The van der Waals surface area contributed by atoms with Gasteiger partial charge in [0.2, 0.25) is 0 Å². The zero-order valence-electron chi connectivity index (χ0n) is 10.4. The number of morpholine rings is 1. The Morgan fingerprint density at radius 3 is 2.89 bits per heavy atom. The predicted molar refractivity (Wildman–Crippen MR) is 70.0 cm³/mol. The van der Waals surface area contributed by atoms with Crippen LogP contribution in [0.3, 0.4) is 0 Å². The lowest BCUT2D eigenvalue weighted by molar-refractivity contribution is 0.114. The van der Waals surface area contributed by atoms with E-state index in [0.717, 1.165) is 37.7 Å². The molecular weight excluding hydrogens is 232 g/mol. The molecule has 1 aromatic rings. The van der Waals surface area contributed by atoms with Crippen LogP contribution >= 0.6 is 0 Å². The van der Waals surface area contributed by atoms with Crippen LogP contribution in [0.25, 0.3) is 0 Å². The van der Waals surface area contributed by atoms with Crippen LogP contribution in [0.1, 0.15) is 0 Å². The number of rotatable bonds is 5. The number of aliphatic hydroxyl groups is 1. The van der Waals surface area contributed by atoms with Crippen molar-refractivity contribution in [3.8, 4) is 5.75 Å². The van der Waals surface area contributed by atoms with E-state index in [9.17, 15) is 5.11 Å². The molecule has 5 heteroatoms. The number of nitrogens with two attached hydrogens (primary N) is 1. The molecule has 0 bridgehead atoms. The van der Waals surface area contributed by atoms with E-state index in [1.165, 1.54) is 0 Å². The molecule has 1 aromatic carbocycles. The molecule has 1 aliphatic heterocycles. The monoisotopic (exact) mass is 252 g/mol. The van der Waals surface area contributed by atoms with Crippen molar-refractivity contribution in [2.24, 2.45) is 5.73 Å². The van der Waals surface area contributed by atoms with Gasteiger partial charge in [-0.05, 0) is 12.1 Å². The Hall–Kier alpha value is -1.30. The van der Waals surface area contributed by atoms with Crippen molar-refractivity contribution in [3.63, 3.8) is 0 Å². The first kappa shape index (κ1) is 13.1. The Bertz CT molecular complexity index is 367. The maximum atomic E-state index is 9.36. The van der Waals surface area contributed by atoms with Crippen molar-refractivity contribution >= 4 is 5.69 Å². The predicted octanol–water partition coefficient (Wildman–Crippen LogP) is 0.222. The van der Waals surface area contributed by atoms with Crippen molar-refractivity contribution in [1.29, 1.82) is 0 Å². The average Bonchev–Trinajstić information content (AvgIpc) is 2.46. The number of benzene rings is 1. The van der Waals surface area contributed by atoms with Crippen LogP contribution in [0, 0.1) is 0 Å². The van der Waals surface area contributed by atoms with Crippen LogP contribution in [-0.2, 0) is 4.74 Å². The zero-order chi connectivity index (χ0) is 12.8. The summed E-state index contributed by atoms with van der Waals surface area (Å²) in [7, 11) is 0. The van der Waals surface area contributed by atoms with Crippen molar-refractivity contribution in [2.75, 3.05) is 44.4 Å². The fourth-order valence-electron chi connectivity index (χ4n) is 1.85. The average molecular weight is 252 g/mol. The third-order valence-corrected chi connectivity index (χ3v) is 2.91. The van der Waals surface area contributed by atoms with E-state index in [4.69, 9.17) is 15.2 Å². The quantitative estimate of drug-likeness (QED) is 0.784. The molecule has 18 heavy (non-hydrogen) atoms. The summed E-state index contributed by atoms with van der Waals surface area (Å²) in [5, 5.41) is 9.36. The summed E-state index contributed by atoms with van der Waals surface area (Å²) in [6.45, 7) is 3.75. The summed E-state index contributed by atoms with van der Waals surface area (Å²) in [6.07, 6.45) is -0.614. The molecule has 1 aliphatic rings. The lowest BCUT2D eigenvalue weighted by atomic mass is 10.2. The van der Waals surface area contributed by atoms with Gasteiger partial charge in [-0.3, -0.25) is 0 Å². The lowest BCUT2D eigenvalue weighted by Crippen LogP contribution is -2.36. The number of ether oxygens (including phenoxy) is 2. The Labute approximate surface area is 107 Å². The number of hydrogen-bond acceptors (Lipinski definition) is 5. The second-order valence-electron chi connectivity index (χ2n) is 4.30. The van der Waals surface area contributed by atoms with E-state index < -0.39 is 6.10 Å². The highest BCUT2D eigenvalue weighted by Gasteiger charge is 2.11. The third-order valence-electron chi connectivity index (χ3n) is 2.91. The highest BCUT2D eigenvalue weighted by molar-refractivity contribution is 5.50. The van der Waals surface area contributed by atoms with Gasteiger partial charge in [-0.2, -0.15) is 0 Å². The normalized spacial score (nSPS) is 17.6. The molecular formula is C13H20N2O3. The molecule has 1 saturated heterocycles. The lowest BCUT2D eigenvalue weighted by Gasteiger charge is -2.29. The third kappa shape index (κ3) is 3.60. The van der Waals surface area contributed by atoms with Gasteiger partial charge in [0.25, 0.3) is 0 Å². The zero-order valence-corrected chi connectivity index (χ0v) is 10.4. The summed E-state index contributed by atoms with van der Waals surface area (Å²) >= 11 is 0. The van der Waals surface area contributed by atoms with Gasteiger partial charge in [-0.25, -0.2) is 0 Å². The summed E-state index contributed by atoms with van der Waals surface area (Å²) in [4.78, 5) is 2.26. The minimum absolute atomic E-state index is 0.211. The van der Waals surface area contributed by atoms with E-state index in [-0.39, 0.29) is 13.2 Å². The van der Waals surface area contributed by atoms with Crippen LogP contribution in [0.5, 0.6) is 5.75 Å². The standard InChI is InChI=1S/C13H20N2O3/c14-9-12(16)10-18-13-3-1-2-11(8-13)15-4-6-17-7-5-15/h1-3,8,12,16H,4-7,9-10,14H2.